The SMILES string of the molecule is CCOc1ccc(S(=O)(=O)N(CC(=O)N(Cc2ccccc2Cl)[C@@H](C)C(=O)NC2CCCC2)c2ccc(C)cc2)cc1. The highest BCUT2D eigenvalue weighted by molar-refractivity contribution is 7.92. The molecule has 0 radical (unpaired) electrons. The minimum Gasteiger partial charge on any atom is -0.494 e. The first kappa shape index (κ1) is 31.4. The molecule has 0 heterocycles. The van der Waals surface area contributed by atoms with Crippen molar-refractivity contribution < 1.29 is 22.7 Å². The van der Waals surface area contributed by atoms with Gasteiger partial charge < -0.3 is 15.0 Å². The summed E-state index contributed by atoms with van der Waals surface area (Å²) in [6, 6.07) is 19.3. The predicted octanol–water partition coefficient (Wildman–Crippen LogP) is 5.72. The molecule has 1 fully saturated rings. The van der Waals surface area contributed by atoms with Gasteiger partial charge in [0.2, 0.25) is 11.8 Å². The summed E-state index contributed by atoms with van der Waals surface area (Å²) in [6.07, 6.45) is 3.91. The Morgan fingerprint density at radius 3 is 2.26 bits per heavy atom. The lowest BCUT2D eigenvalue weighted by Crippen LogP contribution is -2.52. The first-order valence-electron chi connectivity index (χ1n) is 14.3. The number of sulfonamides is 1. The van der Waals surface area contributed by atoms with E-state index in [0.717, 1.165) is 35.6 Å². The van der Waals surface area contributed by atoms with Gasteiger partial charge in [0.25, 0.3) is 10.0 Å². The molecule has 1 atom stereocenters. The largest absolute Gasteiger partial charge is 0.494 e. The van der Waals surface area contributed by atoms with E-state index in [1.165, 1.54) is 17.0 Å². The molecule has 0 spiro atoms. The summed E-state index contributed by atoms with van der Waals surface area (Å²) in [6.45, 7) is 5.39. The van der Waals surface area contributed by atoms with Gasteiger partial charge in [-0.05, 0) is 81.6 Å². The third-order valence-corrected chi connectivity index (χ3v) is 9.65. The number of rotatable bonds is 12. The van der Waals surface area contributed by atoms with Crippen LogP contribution in [-0.4, -0.2) is 50.4 Å². The van der Waals surface area contributed by atoms with E-state index in [1.807, 2.05) is 19.9 Å². The van der Waals surface area contributed by atoms with Crippen LogP contribution in [0.25, 0.3) is 0 Å². The molecule has 3 aromatic rings. The van der Waals surface area contributed by atoms with Crippen molar-refractivity contribution in [1.29, 1.82) is 0 Å². The van der Waals surface area contributed by atoms with E-state index in [9.17, 15) is 18.0 Å². The molecular weight excluding hydrogens is 574 g/mol. The second-order valence-corrected chi connectivity index (χ2v) is 12.8. The number of halogens is 1. The Morgan fingerprint density at radius 1 is 1.00 bits per heavy atom. The molecule has 0 bridgehead atoms. The number of hydrogen-bond donors (Lipinski definition) is 1. The molecule has 0 aromatic heterocycles. The molecular formula is C32H38ClN3O5S. The fourth-order valence-electron chi connectivity index (χ4n) is 5.03. The quantitative estimate of drug-likeness (QED) is 0.283. The van der Waals surface area contributed by atoms with Gasteiger partial charge >= 0.3 is 0 Å². The van der Waals surface area contributed by atoms with Crippen LogP contribution in [0.5, 0.6) is 5.75 Å². The normalized spacial score (nSPS) is 14.3. The van der Waals surface area contributed by atoms with Crippen LogP contribution in [0, 0.1) is 6.92 Å². The van der Waals surface area contributed by atoms with Gasteiger partial charge in [-0.2, -0.15) is 0 Å². The Labute approximate surface area is 253 Å². The molecule has 8 nitrogen and oxygen atoms in total. The predicted molar refractivity (Wildman–Crippen MR) is 165 cm³/mol. The molecule has 42 heavy (non-hydrogen) atoms. The fourth-order valence-corrected chi connectivity index (χ4v) is 6.64. The van der Waals surface area contributed by atoms with Crippen molar-refractivity contribution in [3.05, 3.63) is 88.9 Å². The van der Waals surface area contributed by atoms with Gasteiger partial charge in [0.1, 0.15) is 18.3 Å². The molecule has 0 saturated heterocycles. The third kappa shape index (κ3) is 7.63. The smallest absolute Gasteiger partial charge is 0.264 e. The summed E-state index contributed by atoms with van der Waals surface area (Å²) in [4.78, 5) is 28.8. The monoisotopic (exact) mass is 611 g/mol. The number of benzene rings is 3. The number of hydrogen-bond acceptors (Lipinski definition) is 5. The first-order valence-corrected chi connectivity index (χ1v) is 16.1. The second kappa shape index (κ2) is 14.1. The van der Waals surface area contributed by atoms with Crippen LogP contribution < -0.4 is 14.4 Å². The van der Waals surface area contributed by atoms with Crippen molar-refractivity contribution in [2.24, 2.45) is 0 Å². The van der Waals surface area contributed by atoms with Gasteiger partial charge in [0.05, 0.1) is 17.2 Å². The number of aryl methyl sites for hydroxylation is 1. The molecule has 3 aromatic carbocycles. The standard InChI is InChI=1S/C32H38ClN3O5S/c1-4-41-28-17-19-29(20-18-28)42(39,40)36(27-15-13-23(2)14-16-27)22-31(37)35(21-25-9-5-8-12-30(25)33)24(3)32(38)34-26-10-6-7-11-26/h5,8-9,12-20,24,26H,4,6-7,10-11,21-22H2,1-3H3,(H,34,38)/t24-/m0/s1. The van der Waals surface area contributed by atoms with E-state index >= 15 is 0 Å². The zero-order chi connectivity index (χ0) is 30.3. The molecule has 10 heteroatoms. The molecule has 0 unspecified atom stereocenters. The lowest BCUT2D eigenvalue weighted by atomic mass is 10.1. The highest BCUT2D eigenvalue weighted by Crippen LogP contribution is 2.27. The maximum Gasteiger partial charge on any atom is 0.264 e. The van der Waals surface area contributed by atoms with E-state index in [2.05, 4.69) is 5.32 Å². The van der Waals surface area contributed by atoms with Gasteiger partial charge in [-0.25, -0.2) is 8.42 Å². The molecule has 1 aliphatic carbocycles. The molecule has 1 aliphatic rings. The molecule has 224 valence electrons. The Bertz CT molecular complexity index is 1470. The van der Waals surface area contributed by atoms with Crippen LogP contribution in [0.15, 0.2) is 77.7 Å². The van der Waals surface area contributed by atoms with Gasteiger partial charge in [0, 0.05) is 17.6 Å². The number of carbonyl (C=O) groups is 2. The average Bonchev–Trinajstić information content (AvgIpc) is 3.49. The van der Waals surface area contributed by atoms with E-state index in [4.69, 9.17) is 16.3 Å². The lowest BCUT2D eigenvalue weighted by Gasteiger charge is -2.32. The van der Waals surface area contributed by atoms with Gasteiger partial charge in [-0.15, -0.1) is 0 Å². The maximum atomic E-state index is 14.1. The topological polar surface area (TPSA) is 96.0 Å². The van der Waals surface area contributed by atoms with Crippen molar-refractivity contribution in [2.75, 3.05) is 17.5 Å². The molecule has 1 saturated carbocycles. The second-order valence-electron chi connectivity index (χ2n) is 10.5. The summed E-state index contributed by atoms with van der Waals surface area (Å²) in [5.41, 5.74) is 1.94. The minimum absolute atomic E-state index is 0.0176. The van der Waals surface area contributed by atoms with E-state index in [-0.39, 0.29) is 23.4 Å². The van der Waals surface area contributed by atoms with Gasteiger partial charge in [0.15, 0.2) is 0 Å². The number of nitrogens with one attached hydrogen (secondary N) is 1. The summed E-state index contributed by atoms with van der Waals surface area (Å²) >= 11 is 6.44. The Balaban J connectivity index is 1.68. The van der Waals surface area contributed by atoms with E-state index < -0.39 is 28.5 Å². The molecule has 1 N–H and O–H groups in total. The van der Waals surface area contributed by atoms with Crippen LogP contribution in [0.4, 0.5) is 5.69 Å². The minimum atomic E-state index is -4.17. The van der Waals surface area contributed by atoms with Crippen LogP contribution in [0.3, 0.4) is 0 Å². The van der Waals surface area contributed by atoms with Crippen LogP contribution >= 0.6 is 11.6 Å². The summed E-state index contributed by atoms with van der Waals surface area (Å²) in [7, 11) is -4.17. The number of ether oxygens (including phenoxy) is 1. The van der Waals surface area contributed by atoms with Crippen LogP contribution in [0.1, 0.15) is 50.7 Å². The molecule has 0 aliphatic heterocycles. The summed E-state index contributed by atoms with van der Waals surface area (Å²) < 4.78 is 34.6. The molecule has 4 rings (SSSR count). The highest BCUT2D eigenvalue weighted by atomic mass is 35.5. The summed E-state index contributed by atoms with van der Waals surface area (Å²) in [5, 5.41) is 3.52. The number of nitrogens with zero attached hydrogens (tertiary/aromatic N) is 2. The van der Waals surface area contributed by atoms with Crippen molar-refractivity contribution >= 4 is 39.1 Å². The van der Waals surface area contributed by atoms with Crippen molar-refractivity contribution in [3.63, 3.8) is 0 Å². The number of anilines is 1. The Morgan fingerprint density at radius 2 is 1.64 bits per heavy atom. The number of amides is 2. The van der Waals surface area contributed by atoms with Crippen LogP contribution in [-0.2, 0) is 26.2 Å². The average molecular weight is 612 g/mol. The lowest BCUT2D eigenvalue weighted by molar-refractivity contribution is -0.139. The van der Waals surface area contributed by atoms with Gasteiger partial charge in [-0.3, -0.25) is 13.9 Å². The highest BCUT2D eigenvalue weighted by Gasteiger charge is 2.33. The number of carbonyl (C=O) groups excluding carboxylic acids is 2. The van der Waals surface area contributed by atoms with Crippen molar-refractivity contribution in [1.82, 2.24) is 10.2 Å². The van der Waals surface area contributed by atoms with E-state index in [0.29, 0.717) is 28.6 Å². The fraction of sp³-hybridized carbons (Fsp3) is 0.375. The zero-order valence-corrected chi connectivity index (χ0v) is 25.8. The zero-order valence-electron chi connectivity index (χ0n) is 24.3. The molecule has 2 amide bonds. The van der Waals surface area contributed by atoms with Crippen LogP contribution in [0.2, 0.25) is 5.02 Å². The Hall–Kier alpha value is -3.56. The maximum absolute atomic E-state index is 14.1. The van der Waals surface area contributed by atoms with E-state index in [1.54, 1.807) is 61.5 Å². The van der Waals surface area contributed by atoms with Gasteiger partial charge in [-0.1, -0.05) is 60.3 Å². The Kier molecular flexibility index (Phi) is 10.5. The van der Waals surface area contributed by atoms with Crippen molar-refractivity contribution in [2.45, 2.75) is 70.0 Å². The third-order valence-electron chi connectivity index (χ3n) is 7.49. The first-order chi connectivity index (χ1) is 20.1. The van der Waals surface area contributed by atoms with Crippen molar-refractivity contribution in [3.8, 4) is 5.75 Å². The summed E-state index contributed by atoms with van der Waals surface area (Å²) in [5.74, 6) is -0.264.